The number of carbonyl (C=O) groups is 3. The van der Waals surface area contributed by atoms with Crippen LogP contribution in [-0.4, -0.2) is 130 Å². The van der Waals surface area contributed by atoms with Gasteiger partial charge in [-0.2, -0.15) is 0 Å². The molecule has 15 aromatic rings. The van der Waals surface area contributed by atoms with Gasteiger partial charge in [-0.05, 0) is 64.4 Å². The summed E-state index contributed by atoms with van der Waals surface area (Å²) in [5.41, 5.74) is 9.05. The number of aromatic hydroxyl groups is 1. The van der Waals surface area contributed by atoms with Gasteiger partial charge in [0.2, 0.25) is 66.7 Å². The second-order valence-electron chi connectivity index (χ2n) is 30.6. The molecular weight excluding hydrogens is 2070 g/mol. The number of carboxylic acids is 2. The van der Waals surface area contributed by atoms with Crippen molar-refractivity contribution < 1.29 is 184 Å². The van der Waals surface area contributed by atoms with E-state index in [9.17, 15) is 68.4 Å². The van der Waals surface area contributed by atoms with Crippen molar-refractivity contribution in [3.8, 4) is 40.2 Å². The Kier molecular flexibility index (Phi) is 54.5. The van der Waals surface area contributed by atoms with Crippen LogP contribution in [0.1, 0.15) is 105 Å². The minimum atomic E-state index is -5.94. The summed E-state index contributed by atoms with van der Waals surface area (Å²) in [6.45, 7) is 3.10. The first-order chi connectivity index (χ1) is 71.1. The normalized spacial score (nSPS) is 11.2. The number of nitrogens with zero attached hydrogens (tertiary/aromatic N) is 2. The van der Waals surface area contributed by atoms with E-state index in [0.717, 1.165) is 62.9 Å². The van der Waals surface area contributed by atoms with Crippen LogP contribution < -0.4 is 136 Å². The molecule has 0 bridgehead atoms. The number of esters is 1. The second-order valence-corrected chi connectivity index (χ2v) is 32.7. The fourth-order valence-corrected chi connectivity index (χ4v) is 12.2. The topological polar surface area (TPSA) is 631 Å². The zero-order valence-corrected chi connectivity index (χ0v) is 84.9. The third kappa shape index (κ3) is 44.3. The van der Waals surface area contributed by atoms with Gasteiger partial charge in [-0.25, -0.2) is 14.4 Å². The fraction of sp³-hybridized carbons (Fsp3) is 0.185. The molecule has 0 radical (unpaired) electrons. The van der Waals surface area contributed by atoms with E-state index in [1.165, 1.54) is 90.9 Å². The smallest absolute Gasteiger partial charge is 0.502 e. The minimum absolute atomic E-state index is 0. The van der Waals surface area contributed by atoms with Crippen LogP contribution in [0, 0.1) is 13.8 Å². The number of carbonyl (C=O) groups excluding carboxylic acids is 1. The largest absolute Gasteiger partial charge is 1.00 e. The molecule has 7 aromatic heterocycles. The summed E-state index contributed by atoms with van der Waals surface area (Å²) < 4.78 is 100. The first-order valence-electron chi connectivity index (χ1n) is 44.5. The molecule has 0 saturated carbocycles. The Morgan fingerprint density at radius 2 is 0.691 bits per heavy atom. The number of pyridine rings is 2. The minimum Gasteiger partial charge on any atom is -0.502 e. The van der Waals surface area contributed by atoms with Gasteiger partial charge in [-0.15, -0.1) is 0 Å². The Morgan fingerprint density at radius 1 is 0.376 bits per heavy atom. The first-order valence-corrected chi connectivity index (χ1v) is 48.0. The van der Waals surface area contributed by atoms with Gasteiger partial charge < -0.3 is 121 Å². The fourth-order valence-electron chi connectivity index (χ4n) is 12.2. The van der Waals surface area contributed by atoms with Crippen LogP contribution in [0.4, 0.5) is 0 Å². The number of aromatic nitrogens is 2. The van der Waals surface area contributed by atoms with Crippen molar-refractivity contribution in [3.63, 3.8) is 0 Å². The number of halogens is 1. The molecule has 4 atom stereocenters. The molecule has 8 aromatic carbocycles. The molecule has 0 fully saturated rings. The summed E-state index contributed by atoms with van der Waals surface area (Å²) >= 11 is -5.94. The maximum atomic E-state index is 12.1. The maximum Gasteiger partial charge on any atom is 1.00 e. The molecule has 4 unspecified atom stereocenters. The van der Waals surface area contributed by atoms with Gasteiger partial charge in [-0.1, -0.05) is 249 Å². The van der Waals surface area contributed by atoms with Crippen LogP contribution in [0.3, 0.4) is 0 Å². The van der Waals surface area contributed by atoms with E-state index in [1.807, 2.05) is 224 Å². The average Bonchev–Trinajstić information content (AvgIpc) is 1.24. The molecule has 0 aliphatic heterocycles. The maximum absolute atomic E-state index is 12.1. The molecule has 41 heteroatoms. The molecule has 0 spiro atoms. The third-order valence-corrected chi connectivity index (χ3v) is 19.5. The number of aliphatic hydroxyl groups excluding tert-OH is 7. The number of aliphatic hydroxyl groups is 7. The number of ether oxygens (including phenoxy) is 7. The van der Waals surface area contributed by atoms with Gasteiger partial charge in [0, 0.05) is 67.8 Å². The van der Waals surface area contributed by atoms with Gasteiger partial charge in [0.1, 0.15) is 71.3 Å². The van der Waals surface area contributed by atoms with E-state index >= 15 is 0 Å². The van der Waals surface area contributed by atoms with Crippen molar-refractivity contribution in [2.75, 3.05) is 33.5 Å². The van der Waals surface area contributed by atoms with Crippen molar-refractivity contribution in [3.05, 3.63) is 485 Å². The summed E-state index contributed by atoms with van der Waals surface area (Å²) in [6, 6.07) is 84.0. The molecule has 0 aliphatic rings. The quantitative estimate of drug-likeness (QED) is 0.0155. The van der Waals surface area contributed by atoms with Crippen molar-refractivity contribution >= 4 is 30.1 Å². The van der Waals surface area contributed by atoms with Crippen molar-refractivity contribution in [2.24, 2.45) is 5.73 Å². The van der Waals surface area contributed by atoms with Crippen LogP contribution in [0.15, 0.2) is 384 Å². The Labute approximate surface area is 879 Å². The van der Waals surface area contributed by atoms with Crippen molar-refractivity contribution in [2.45, 2.75) is 97.4 Å². The van der Waals surface area contributed by atoms with Crippen LogP contribution in [-0.2, 0) is 63.9 Å². The van der Waals surface area contributed by atoms with E-state index in [4.69, 9.17) is 101 Å². The Hall–Kier alpha value is -15.6. The van der Waals surface area contributed by atoms with Crippen LogP contribution >= 0.6 is 0 Å². The molecule has 0 saturated heterocycles. The van der Waals surface area contributed by atoms with Gasteiger partial charge in [0.25, 0.3) is 5.76 Å². The van der Waals surface area contributed by atoms with Crippen LogP contribution in [0.25, 0.3) is 12.2 Å². The first kappa shape index (κ1) is 122. The summed E-state index contributed by atoms with van der Waals surface area (Å²) in [6.07, 6.45) is 9.02. The molecular formula is C108H107IN3NaO36. The standard InChI is InChI=1S/C20H18O4.C20H16O3.C17H19NO6.C16H17NO6.C13H10O5.C13H12O3.C6H6O3.C3H9NO2.IO4.Na/c21-17-11-12-23-19(13-18(22)16-9-5-2-6-10-16)20(17)24-14-15-7-3-1-4-8-15;21-18-13-14-22-19(12-11-16-7-3-1-4-8-16)20(18)23-15-17-9-5-2-6-10-17;1-23-17(22)15-16(24-11-12-5-3-2-4-6-12)14(21)7-8-18(15)9-13(20)10-19;18-9-12(19)8-17-7-6-13(20)15(14(17)16(21)22)23-10-11-4-2-1-3-5-11;14-10-6-7-17-12(13(15)16)11(10)18-8-9-4-2-1-3-5-9;1-10-13(12(14)7-8-15-10)16-9-11-5-3-2-4-6-11;1-4-6(8)5(7)2-3-9-4;4-1-3(6)2-5;2-1(3,4)5;/h1-12,18,22H,13-14H2;1-14H,15H2;2-8,13,19-20H,9-11H2,1H3;1-7,12,18-19H,8-10H2,(H,21,22);1-7H,8H2,(H,15,16);2-8H,9H2,1H3;2-3,8H,1H3;3,5-6H,1-2,4H2;;/q;;;;;;;;-1;+1/b;12-11+;;;;;;;;. The molecule has 7 heterocycles. The zero-order chi connectivity index (χ0) is 108. The third-order valence-electron chi connectivity index (χ3n) is 19.5. The number of rotatable bonds is 34. The van der Waals surface area contributed by atoms with Crippen molar-refractivity contribution in [1.29, 1.82) is 0 Å². The number of methoxy groups -OCH3 is 1. The summed E-state index contributed by atoms with van der Waals surface area (Å²) in [7, 11) is 1.19. The second kappa shape index (κ2) is 66.5. The summed E-state index contributed by atoms with van der Waals surface area (Å²) in [4.78, 5) is 116. The van der Waals surface area contributed by atoms with E-state index in [-0.39, 0.29) is 162 Å². The number of hydrogen-bond acceptors (Lipinski definition) is 35. The van der Waals surface area contributed by atoms with Crippen LogP contribution in [0.5, 0.6) is 40.2 Å². The van der Waals surface area contributed by atoms with Gasteiger partial charge in [0.05, 0.1) is 95.8 Å². The number of nitrogens with two attached hydrogens (primary N) is 1. The Bertz CT molecular complexity index is 6990. The van der Waals surface area contributed by atoms with E-state index in [0.29, 0.717) is 30.5 Å². The molecule has 0 aliphatic carbocycles. The number of hydrogen-bond donors (Lipinski definition) is 11. The average molecular weight is 2170 g/mol. The molecule has 149 heavy (non-hydrogen) atoms. The Morgan fingerprint density at radius 3 is 1.06 bits per heavy atom. The molecule has 0 amide bonds. The Balaban J connectivity index is 0.000000263. The molecule has 778 valence electrons. The van der Waals surface area contributed by atoms with Crippen molar-refractivity contribution in [1.82, 2.24) is 9.13 Å². The zero-order valence-electron chi connectivity index (χ0n) is 80.8. The summed E-state index contributed by atoms with van der Waals surface area (Å²) in [5, 5.41) is 90.7. The molecule has 39 nitrogen and oxygen atoms in total. The predicted octanol–water partition coefficient (Wildman–Crippen LogP) is 1.58. The monoisotopic (exact) mass is 2170 g/mol. The number of aryl methyl sites for hydroxylation is 2. The number of carboxylic acid groups (broad SMARTS) is 2. The van der Waals surface area contributed by atoms with Gasteiger partial charge >= 0.3 is 47.5 Å². The molecule has 15 rings (SSSR count). The van der Waals surface area contributed by atoms with Crippen LogP contribution in [0.2, 0.25) is 0 Å². The van der Waals surface area contributed by atoms with E-state index in [1.54, 1.807) is 37.3 Å². The SMILES string of the molecule is COC(=O)c1c(OCc2ccccc2)c(=O)ccn1CC(O)CO.Cc1occc(=O)c1O.Cc1occc(=O)c1OCc1ccccc1.NCC(O)CO.O=C(O)c1c(OCc2ccccc2)c(=O)ccn1CC(O)CO.O=C(O)c1occc(=O)c1OCc1ccccc1.O=c1ccoc(/C=C/c2ccccc2)c1OCc1ccccc1.O=c1ccoc(CC(O)c2ccccc2)c1OCc1ccccc1.[Na+].[O-][I+3]([O-])([O-])[O-]. The van der Waals surface area contributed by atoms with E-state index < -0.39 is 103 Å². The van der Waals surface area contributed by atoms with Gasteiger partial charge in [-0.3, -0.25) is 47.3 Å². The number of benzene rings is 8. The molecule has 12 N–H and O–H groups in total. The van der Waals surface area contributed by atoms with E-state index in [2.05, 4.69) is 4.42 Å². The van der Waals surface area contributed by atoms with Gasteiger partial charge in [0.15, 0.2) is 34.4 Å². The number of aromatic carboxylic acids is 2. The predicted molar refractivity (Wildman–Crippen MR) is 526 cm³/mol. The summed E-state index contributed by atoms with van der Waals surface area (Å²) in [5.74, 6) is -2.81.